The zero-order valence-corrected chi connectivity index (χ0v) is 12.9. The zero-order chi connectivity index (χ0) is 14.1. The van der Waals surface area contributed by atoms with E-state index < -0.39 is 0 Å². The second-order valence-corrected chi connectivity index (χ2v) is 7.09. The Hall–Kier alpha value is -0.610. The van der Waals surface area contributed by atoms with Crippen molar-refractivity contribution >= 4 is 5.91 Å². The van der Waals surface area contributed by atoms with Gasteiger partial charge in [0.1, 0.15) is 0 Å². The van der Waals surface area contributed by atoms with E-state index in [-0.39, 0.29) is 11.9 Å². The minimum Gasteiger partial charge on any atom is -0.352 e. The Labute approximate surface area is 122 Å². The maximum atomic E-state index is 12.4. The second-order valence-electron chi connectivity index (χ2n) is 7.09. The van der Waals surface area contributed by atoms with Crippen LogP contribution in [0.25, 0.3) is 0 Å². The highest BCUT2D eigenvalue weighted by molar-refractivity contribution is 5.81. The minimum atomic E-state index is -0.00176. The molecule has 3 atom stereocenters. The van der Waals surface area contributed by atoms with Crippen LogP contribution in [0.2, 0.25) is 0 Å². The standard InChI is InChI=1S/C16H29N3O/c1-11(16(20)18-12-5-3-4-6-12)19(2)15-9-13-7-8-14(10-15)17-13/h11-15,17H,3-10H2,1-2H3,(H,18,20). The van der Waals surface area contributed by atoms with Crippen molar-refractivity contribution in [2.45, 2.75) is 88.5 Å². The summed E-state index contributed by atoms with van der Waals surface area (Å²) < 4.78 is 0. The molecule has 0 aromatic carbocycles. The van der Waals surface area contributed by atoms with Crippen LogP contribution in [0.1, 0.15) is 58.3 Å². The van der Waals surface area contributed by atoms with Crippen molar-refractivity contribution in [3.63, 3.8) is 0 Å². The van der Waals surface area contributed by atoms with E-state index >= 15 is 0 Å². The van der Waals surface area contributed by atoms with Crippen molar-refractivity contribution in [2.75, 3.05) is 7.05 Å². The van der Waals surface area contributed by atoms with Crippen LogP contribution in [0.15, 0.2) is 0 Å². The molecule has 20 heavy (non-hydrogen) atoms. The molecule has 0 aromatic heterocycles. The average Bonchev–Trinajstić information content (AvgIpc) is 3.06. The predicted molar refractivity (Wildman–Crippen MR) is 80.6 cm³/mol. The lowest BCUT2D eigenvalue weighted by atomic mass is 9.97. The van der Waals surface area contributed by atoms with E-state index in [0.717, 1.165) is 0 Å². The summed E-state index contributed by atoms with van der Waals surface area (Å²) in [6.07, 6.45) is 9.91. The van der Waals surface area contributed by atoms with Gasteiger partial charge >= 0.3 is 0 Å². The second kappa shape index (κ2) is 6.02. The number of rotatable bonds is 4. The number of carbonyl (C=O) groups is 1. The van der Waals surface area contributed by atoms with E-state index in [0.29, 0.717) is 24.2 Å². The number of fused-ring (bicyclic) bond motifs is 2. The molecule has 4 heteroatoms. The van der Waals surface area contributed by atoms with E-state index in [1.54, 1.807) is 0 Å². The molecule has 2 heterocycles. The first-order valence-corrected chi connectivity index (χ1v) is 8.42. The molecule has 1 amide bonds. The number of hydrogen-bond donors (Lipinski definition) is 2. The predicted octanol–water partition coefficient (Wildman–Crippen LogP) is 1.65. The molecule has 2 N–H and O–H groups in total. The number of amides is 1. The van der Waals surface area contributed by atoms with Crippen LogP contribution >= 0.6 is 0 Å². The minimum absolute atomic E-state index is 0.00176. The number of carbonyl (C=O) groups excluding carboxylic acids is 1. The maximum Gasteiger partial charge on any atom is 0.237 e. The van der Waals surface area contributed by atoms with Crippen LogP contribution in [-0.4, -0.2) is 48.1 Å². The fraction of sp³-hybridized carbons (Fsp3) is 0.938. The molecule has 1 saturated carbocycles. The Kier molecular flexibility index (Phi) is 4.32. The lowest BCUT2D eigenvalue weighted by molar-refractivity contribution is -0.127. The van der Waals surface area contributed by atoms with Gasteiger partial charge in [0.25, 0.3) is 0 Å². The summed E-state index contributed by atoms with van der Waals surface area (Å²) in [4.78, 5) is 14.7. The zero-order valence-electron chi connectivity index (χ0n) is 12.9. The molecule has 1 aliphatic carbocycles. The number of hydrogen-bond acceptors (Lipinski definition) is 3. The van der Waals surface area contributed by atoms with E-state index in [9.17, 15) is 4.79 Å². The molecule has 4 nitrogen and oxygen atoms in total. The van der Waals surface area contributed by atoms with Crippen molar-refractivity contribution in [3.8, 4) is 0 Å². The smallest absolute Gasteiger partial charge is 0.237 e. The molecule has 3 unspecified atom stereocenters. The van der Waals surface area contributed by atoms with Gasteiger partial charge in [0.2, 0.25) is 5.91 Å². The lowest BCUT2D eigenvalue weighted by Gasteiger charge is -2.38. The summed E-state index contributed by atoms with van der Waals surface area (Å²) in [6, 6.07) is 2.37. The van der Waals surface area contributed by atoms with Gasteiger partial charge in [-0.05, 0) is 52.5 Å². The molecule has 0 spiro atoms. The summed E-state index contributed by atoms with van der Waals surface area (Å²) in [7, 11) is 2.13. The summed E-state index contributed by atoms with van der Waals surface area (Å²) >= 11 is 0. The van der Waals surface area contributed by atoms with Crippen LogP contribution in [-0.2, 0) is 4.79 Å². The summed E-state index contributed by atoms with van der Waals surface area (Å²) in [6.45, 7) is 2.06. The summed E-state index contributed by atoms with van der Waals surface area (Å²) in [5.41, 5.74) is 0. The van der Waals surface area contributed by atoms with Crippen LogP contribution in [0.5, 0.6) is 0 Å². The third-order valence-corrected chi connectivity index (χ3v) is 5.72. The topological polar surface area (TPSA) is 44.4 Å². The van der Waals surface area contributed by atoms with Gasteiger partial charge in [0.15, 0.2) is 0 Å². The van der Waals surface area contributed by atoms with E-state index in [1.807, 2.05) is 0 Å². The largest absolute Gasteiger partial charge is 0.352 e. The Morgan fingerprint density at radius 3 is 2.35 bits per heavy atom. The Bertz CT molecular complexity index is 342. The van der Waals surface area contributed by atoms with Crippen molar-refractivity contribution < 1.29 is 4.79 Å². The molecule has 0 radical (unpaired) electrons. The third kappa shape index (κ3) is 3.01. The lowest BCUT2D eigenvalue weighted by Crippen LogP contribution is -2.54. The fourth-order valence-corrected chi connectivity index (χ4v) is 4.25. The summed E-state index contributed by atoms with van der Waals surface area (Å²) in [5, 5.41) is 6.92. The van der Waals surface area contributed by atoms with E-state index in [4.69, 9.17) is 0 Å². The summed E-state index contributed by atoms with van der Waals surface area (Å²) in [5.74, 6) is 0.227. The molecule has 2 aliphatic heterocycles. The molecule has 3 rings (SSSR count). The SMILES string of the molecule is CC(C(=O)NC1CCCC1)N(C)C1CC2CCC(C1)N2. The molecule has 2 saturated heterocycles. The maximum absolute atomic E-state index is 12.4. The van der Waals surface area contributed by atoms with Gasteiger partial charge < -0.3 is 10.6 Å². The Morgan fingerprint density at radius 1 is 1.15 bits per heavy atom. The number of piperidine rings is 1. The van der Waals surface area contributed by atoms with Gasteiger partial charge in [-0.15, -0.1) is 0 Å². The first kappa shape index (κ1) is 14.3. The molecule has 114 valence electrons. The van der Waals surface area contributed by atoms with Gasteiger partial charge in [0.05, 0.1) is 6.04 Å². The highest BCUT2D eigenvalue weighted by atomic mass is 16.2. The molecular formula is C16H29N3O. The van der Waals surface area contributed by atoms with Crippen LogP contribution in [0.3, 0.4) is 0 Å². The molecule has 3 fully saturated rings. The first-order valence-electron chi connectivity index (χ1n) is 8.42. The van der Waals surface area contributed by atoms with Gasteiger partial charge in [-0.25, -0.2) is 0 Å². The number of nitrogens with one attached hydrogen (secondary N) is 2. The van der Waals surface area contributed by atoms with Crippen molar-refractivity contribution in [1.82, 2.24) is 15.5 Å². The van der Waals surface area contributed by atoms with Gasteiger partial charge in [-0.1, -0.05) is 12.8 Å². The molecular weight excluding hydrogens is 250 g/mol. The van der Waals surface area contributed by atoms with Crippen LogP contribution < -0.4 is 10.6 Å². The van der Waals surface area contributed by atoms with Crippen molar-refractivity contribution in [2.24, 2.45) is 0 Å². The number of likely N-dealkylation sites (N-methyl/N-ethyl adjacent to an activating group) is 1. The number of nitrogens with zero attached hydrogens (tertiary/aromatic N) is 1. The molecule has 0 aromatic rings. The van der Waals surface area contributed by atoms with Gasteiger partial charge in [-0.3, -0.25) is 9.69 Å². The fourth-order valence-electron chi connectivity index (χ4n) is 4.25. The quantitative estimate of drug-likeness (QED) is 0.822. The van der Waals surface area contributed by atoms with Crippen LogP contribution in [0, 0.1) is 0 Å². The van der Waals surface area contributed by atoms with Crippen molar-refractivity contribution in [3.05, 3.63) is 0 Å². The van der Waals surface area contributed by atoms with E-state index in [2.05, 4.69) is 29.5 Å². The van der Waals surface area contributed by atoms with Gasteiger partial charge in [0, 0.05) is 24.2 Å². The Morgan fingerprint density at radius 2 is 1.75 bits per heavy atom. The monoisotopic (exact) mass is 279 g/mol. The Balaban J connectivity index is 1.52. The first-order chi connectivity index (χ1) is 9.63. The molecule has 2 bridgehead atoms. The van der Waals surface area contributed by atoms with Crippen LogP contribution in [0.4, 0.5) is 0 Å². The average molecular weight is 279 g/mol. The van der Waals surface area contributed by atoms with Crippen molar-refractivity contribution in [1.29, 1.82) is 0 Å². The highest BCUT2D eigenvalue weighted by Crippen LogP contribution is 2.30. The third-order valence-electron chi connectivity index (χ3n) is 5.72. The molecule has 3 aliphatic rings. The van der Waals surface area contributed by atoms with Gasteiger partial charge in [-0.2, -0.15) is 0 Å². The van der Waals surface area contributed by atoms with E-state index in [1.165, 1.54) is 51.4 Å². The highest BCUT2D eigenvalue weighted by Gasteiger charge is 2.37. The normalized spacial score (nSPS) is 35.5.